The fourth-order valence-corrected chi connectivity index (χ4v) is 1.63. The minimum atomic E-state index is -1.17. The molecule has 2 aromatic rings. The van der Waals surface area contributed by atoms with E-state index in [-0.39, 0.29) is 27.4 Å². The second-order valence-electron chi connectivity index (χ2n) is 3.50. The lowest BCUT2D eigenvalue weighted by Gasteiger charge is -2.06. The van der Waals surface area contributed by atoms with Crippen molar-refractivity contribution < 1.29 is 19.0 Å². The average Bonchev–Trinajstić information content (AvgIpc) is 2.33. The van der Waals surface area contributed by atoms with Crippen LogP contribution in [-0.2, 0) is 0 Å². The molecular formula is C12H6Cl2FNO3. The fourth-order valence-electron chi connectivity index (χ4n) is 1.31. The Morgan fingerprint density at radius 1 is 1.26 bits per heavy atom. The summed E-state index contributed by atoms with van der Waals surface area (Å²) in [6, 6.07) is 6.16. The van der Waals surface area contributed by atoms with Crippen LogP contribution >= 0.6 is 23.2 Å². The van der Waals surface area contributed by atoms with Gasteiger partial charge >= 0.3 is 5.97 Å². The monoisotopic (exact) mass is 301 g/mol. The van der Waals surface area contributed by atoms with Gasteiger partial charge in [0.05, 0.1) is 10.6 Å². The van der Waals surface area contributed by atoms with Gasteiger partial charge < -0.3 is 9.84 Å². The topological polar surface area (TPSA) is 59.4 Å². The zero-order chi connectivity index (χ0) is 14.0. The highest BCUT2D eigenvalue weighted by Crippen LogP contribution is 2.26. The Balaban J connectivity index is 2.32. The maximum Gasteiger partial charge on any atom is 0.335 e. The third-order valence-electron chi connectivity index (χ3n) is 2.13. The Bertz CT molecular complexity index is 649. The number of carbonyl (C=O) groups is 1. The smallest absolute Gasteiger partial charge is 0.335 e. The van der Waals surface area contributed by atoms with Crippen LogP contribution < -0.4 is 4.74 Å². The number of rotatable bonds is 3. The Morgan fingerprint density at radius 3 is 2.63 bits per heavy atom. The van der Waals surface area contributed by atoms with Crippen molar-refractivity contribution in [3.63, 3.8) is 0 Å². The van der Waals surface area contributed by atoms with Crippen LogP contribution in [0.15, 0.2) is 30.3 Å². The summed E-state index contributed by atoms with van der Waals surface area (Å²) in [6.45, 7) is 0. The molecule has 1 aromatic carbocycles. The lowest BCUT2D eigenvalue weighted by atomic mass is 10.3. The summed E-state index contributed by atoms with van der Waals surface area (Å²) in [5.74, 6) is -1.74. The number of pyridine rings is 1. The first kappa shape index (κ1) is 13.6. The number of aromatic nitrogens is 1. The van der Waals surface area contributed by atoms with Gasteiger partial charge in [0, 0.05) is 12.1 Å². The number of halogens is 3. The van der Waals surface area contributed by atoms with Gasteiger partial charge in [-0.2, -0.15) is 0 Å². The molecule has 4 nitrogen and oxygen atoms in total. The molecule has 2 rings (SSSR count). The number of nitrogens with zero attached hydrogens (tertiary/aromatic N) is 1. The molecule has 7 heteroatoms. The summed E-state index contributed by atoms with van der Waals surface area (Å²) in [6.07, 6.45) is 0. The third-order valence-corrected chi connectivity index (χ3v) is 2.63. The van der Waals surface area contributed by atoms with E-state index >= 15 is 0 Å². The molecule has 0 bridgehead atoms. The van der Waals surface area contributed by atoms with Crippen LogP contribution in [0.2, 0.25) is 10.2 Å². The second-order valence-corrected chi connectivity index (χ2v) is 4.29. The molecule has 0 spiro atoms. The first-order chi connectivity index (χ1) is 8.95. The first-order valence-corrected chi connectivity index (χ1v) is 5.75. The van der Waals surface area contributed by atoms with E-state index in [4.69, 9.17) is 33.0 Å². The molecule has 0 aliphatic heterocycles. The zero-order valence-electron chi connectivity index (χ0n) is 9.23. The second kappa shape index (κ2) is 5.42. The van der Waals surface area contributed by atoms with Crippen LogP contribution in [0.4, 0.5) is 4.39 Å². The summed E-state index contributed by atoms with van der Waals surface area (Å²) in [7, 11) is 0. The molecule has 0 aliphatic carbocycles. The average molecular weight is 302 g/mol. The van der Waals surface area contributed by atoms with Crippen molar-refractivity contribution >= 4 is 29.2 Å². The molecule has 0 unspecified atom stereocenters. The largest absolute Gasteiger partial charge is 0.478 e. The van der Waals surface area contributed by atoms with Crippen LogP contribution in [0.5, 0.6) is 11.6 Å². The van der Waals surface area contributed by atoms with Gasteiger partial charge in [-0.1, -0.05) is 23.2 Å². The van der Waals surface area contributed by atoms with Gasteiger partial charge in [0.25, 0.3) is 0 Å². The molecule has 19 heavy (non-hydrogen) atoms. The summed E-state index contributed by atoms with van der Waals surface area (Å²) >= 11 is 11.2. The molecule has 1 N–H and O–H groups in total. The molecule has 0 amide bonds. The van der Waals surface area contributed by atoms with Crippen molar-refractivity contribution in [1.29, 1.82) is 0 Å². The molecule has 1 heterocycles. The third kappa shape index (κ3) is 3.33. The van der Waals surface area contributed by atoms with E-state index in [1.54, 1.807) is 0 Å². The summed E-state index contributed by atoms with van der Waals surface area (Å²) < 4.78 is 18.4. The van der Waals surface area contributed by atoms with Crippen molar-refractivity contribution in [2.75, 3.05) is 0 Å². The number of hydrogen-bond donors (Lipinski definition) is 1. The van der Waals surface area contributed by atoms with E-state index in [0.717, 1.165) is 6.07 Å². The first-order valence-electron chi connectivity index (χ1n) is 4.99. The van der Waals surface area contributed by atoms with Gasteiger partial charge in [0.1, 0.15) is 16.7 Å². The van der Waals surface area contributed by atoms with Crippen molar-refractivity contribution in [3.05, 3.63) is 51.9 Å². The van der Waals surface area contributed by atoms with Gasteiger partial charge in [-0.05, 0) is 18.2 Å². The van der Waals surface area contributed by atoms with E-state index in [1.165, 1.54) is 24.3 Å². The minimum absolute atomic E-state index is 0.0377. The minimum Gasteiger partial charge on any atom is -0.478 e. The molecule has 0 fully saturated rings. The number of carboxylic acids is 1. The summed E-state index contributed by atoms with van der Waals surface area (Å²) in [4.78, 5) is 14.6. The predicted molar refractivity (Wildman–Crippen MR) is 67.7 cm³/mol. The maximum atomic E-state index is 13.2. The fraction of sp³-hybridized carbons (Fsp3) is 0. The quantitative estimate of drug-likeness (QED) is 0.870. The van der Waals surface area contributed by atoms with Crippen molar-refractivity contribution in [3.8, 4) is 11.6 Å². The molecule has 0 saturated carbocycles. The normalized spacial score (nSPS) is 10.3. The van der Waals surface area contributed by atoms with Crippen LogP contribution in [0, 0.1) is 5.82 Å². The van der Waals surface area contributed by atoms with Crippen LogP contribution in [0.1, 0.15) is 10.4 Å². The molecule has 1 aromatic heterocycles. The van der Waals surface area contributed by atoms with Gasteiger partial charge in [0.2, 0.25) is 5.88 Å². The van der Waals surface area contributed by atoms with E-state index in [9.17, 15) is 9.18 Å². The molecule has 98 valence electrons. The Hall–Kier alpha value is -1.85. The number of carboxylic acid groups (broad SMARTS) is 1. The van der Waals surface area contributed by atoms with Gasteiger partial charge in [0.15, 0.2) is 0 Å². The van der Waals surface area contributed by atoms with Crippen molar-refractivity contribution in [2.24, 2.45) is 0 Å². The highest BCUT2D eigenvalue weighted by atomic mass is 35.5. The van der Waals surface area contributed by atoms with E-state index in [2.05, 4.69) is 4.98 Å². The number of ether oxygens (including phenoxy) is 1. The number of hydrogen-bond acceptors (Lipinski definition) is 3. The van der Waals surface area contributed by atoms with Gasteiger partial charge in [-0.3, -0.25) is 0 Å². The lowest BCUT2D eigenvalue weighted by molar-refractivity contribution is 0.0696. The van der Waals surface area contributed by atoms with E-state index < -0.39 is 11.8 Å². The Kier molecular flexibility index (Phi) is 3.87. The van der Waals surface area contributed by atoms with Crippen LogP contribution in [-0.4, -0.2) is 16.1 Å². The molecular weight excluding hydrogens is 296 g/mol. The van der Waals surface area contributed by atoms with E-state index in [1.807, 2.05) is 0 Å². The Morgan fingerprint density at radius 2 is 2.00 bits per heavy atom. The predicted octanol–water partition coefficient (Wildman–Crippen LogP) is 4.02. The molecule has 0 saturated heterocycles. The summed E-state index contributed by atoms with van der Waals surface area (Å²) in [5, 5.41) is 8.78. The molecule has 0 aliphatic rings. The summed E-state index contributed by atoms with van der Waals surface area (Å²) in [5.41, 5.74) is -0.0792. The van der Waals surface area contributed by atoms with Crippen molar-refractivity contribution in [2.45, 2.75) is 0 Å². The number of benzene rings is 1. The standard InChI is InChI=1S/C12H6Cl2FNO3/c13-8-2-1-7(5-9(8)15)19-11-4-6(12(17)18)3-10(14)16-11/h1-5H,(H,17,18). The highest BCUT2D eigenvalue weighted by molar-refractivity contribution is 6.30. The zero-order valence-corrected chi connectivity index (χ0v) is 10.7. The van der Waals surface area contributed by atoms with Crippen LogP contribution in [0.3, 0.4) is 0 Å². The number of aromatic carboxylic acids is 1. The SMILES string of the molecule is O=C(O)c1cc(Cl)nc(Oc2ccc(Cl)c(F)c2)c1. The Labute approximate surface area is 117 Å². The maximum absolute atomic E-state index is 13.2. The van der Waals surface area contributed by atoms with Crippen molar-refractivity contribution in [1.82, 2.24) is 4.98 Å². The molecule has 0 radical (unpaired) electrons. The molecule has 0 atom stereocenters. The van der Waals surface area contributed by atoms with Gasteiger partial charge in [-0.25, -0.2) is 14.2 Å². The van der Waals surface area contributed by atoms with E-state index in [0.29, 0.717) is 0 Å². The van der Waals surface area contributed by atoms with Crippen LogP contribution in [0.25, 0.3) is 0 Å². The lowest BCUT2D eigenvalue weighted by Crippen LogP contribution is -1.98. The highest BCUT2D eigenvalue weighted by Gasteiger charge is 2.10. The van der Waals surface area contributed by atoms with Gasteiger partial charge in [-0.15, -0.1) is 0 Å².